The number of rotatable bonds is 7. The lowest BCUT2D eigenvalue weighted by molar-refractivity contribution is -0.117. The third kappa shape index (κ3) is 5.25. The van der Waals surface area contributed by atoms with Crippen LogP contribution < -0.4 is 14.8 Å². The Hall–Kier alpha value is -2.09. The first kappa shape index (κ1) is 22.2. The third-order valence-corrected chi connectivity index (χ3v) is 6.00. The van der Waals surface area contributed by atoms with E-state index < -0.39 is 22.0 Å². The maximum absolute atomic E-state index is 12.6. The highest BCUT2D eigenvalue weighted by atomic mass is 35.5. The van der Waals surface area contributed by atoms with E-state index >= 15 is 0 Å². The molecule has 0 aliphatic carbocycles. The lowest BCUT2D eigenvalue weighted by atomic mass is 10.0. The topological polar surface area (TPSA) is 84.5 Å². The standard InChI is InChI=1S/C20H25ClN2O4S/c1-6-27-18-8-7-16(11-17(18)21)28(25,26)23-15(5)20(24)22-19-13(3)9-12(2)10-14(19)4/h7-11,15,23H,6H2,1-5H3,(H,22,24)/t15-/m0/s1. The summed E-state index contributed by atoms with van der Waals surface area (Å²) in [5.74, 6) is -0.0464. The summed E-state index contributed by atoms with van der Waals surface area (Å²) in [7, 11) is -3.93. The van der Waals surface area contributed by atoms with Crippen LogP contribution in [0.1, 0.15) is 30.5 Å². The number of nitrogens with one attached hydrogen (secondary N) is 2. The smallest absolute Gasteiger partial charge is 0.242 e. The fourth-order valence-corrected chi connectivity index (χ4v) is 4.41. The zero-order chi connectivity index (χ0) is 21.1. The molecule has 2 aromatic carbocycles. The van der Waals surface area contributed by atoms with E-state index in [2.05, 4.69) is 10.0 Å². The van der Waals surface area contributed by atoms with Gasteiger partial charge in [-0.3, -0.25) is 4.79 Å². The molecule has 2 rings (SSSR count). The lowest BCUT2D eigenvalue weighted by Gasteiger charge is -2.18. The van der Waals surface area contributed by atoms with Crippen LogP contribution in [0.4, 0.5) is 5.69 Å². The molecule has 0 heterocycles. The van der Waals surface area contributed by atoms with Crippen molar-refractivity contribution in [3.63, 3.8) is 0 Å². The zero-order valence-electron chi connectivity index (χ0n) is 16.6. The van der Waals surface area contributed by atoms with E-state index in [4.69, 9.17) is 16.3 Å². The summed E-state index contributed by atoms with van der Waals surface area (Å²) in [6, 6.07) is 7.12. The predicted octanol–water partition coefficient (Wildman–Crippen LogP) is 3.97. The highest BCUT2D eigenvalue weighted by Crippen LogP contribution is 2.27. The van der Waals surface area contributed by atoms with Gasteiger partial charge in [0.1, 0.15) is 5.75 Å². The van der Waals surface area contributed by atoms with Gasteiger partial charge in [-0.15, -0.1) is 0 Å². The second-order valence-electron chi connectivity index (χ2n) is 6.63. The molecule has 2 aromatic rings. The molecule has 0 saturated heterocycles. The minimum absolute atomic E-state index is 0.0386. The van der Waals surface area contributed by atoms with Gasteiger partial charge < -0.3 is 10.1 Å². The van der Waals surface area contributed by atoms with E-state index in [0.717, 1.165) is 16.7 Å². The highest BCUT2D eigenvalue weighted by molar-refractivity contribution is 7.89. The first-order chi connectivity index (χ1) is 13.0. The Morgan fingerprint density at radius 3 is 2.29 bits per heavy atom. The number of sulfonamides is 1. The van der Waals surface area contributed by atoms with Crippen molar-refractivity contribution >= 4 is 33.2 Å². The van der Waals surface area contributed by atoms with Gasteiger partial charge in [-0.05, 0) is 63.9 Å². The van der Waals surface area contributed by atoms with Crippen molar-refractivity contribution in [2.75, 3.05) is 11.9 Å². The molecule has 0 unspecified atom stereocenters. The van der Waals surface area contributed by atoms with Gasteiger partial charge in [0.05, 0.1) is 22.6 Å². The summed E-state index contributed by atoms with van der Waals surface area (Å²) in [5, 5.41) is 2.99. The van der Waals surface area contributed by atoms with Crippen LogP contribution in [0.2, 0.25) is 5.02 Å². The molecule has 8 heteroatoms. The summed E-state index contributed by atoms with van der Waals surface area (Å²) < 4.78 is 32.9. The van der Waals surface area contributed by atoms with Crippen molar-refractivity contribution < 1.29 is 17.9 Å². The summed E-state index contributed by atoms with van der Waals surface area (Å²) in [6.45, 7) is 9.48. The molecule has 1 amide bonds. The monoisotopic (exact) mass is 424 g/mol. The SMILES string of the molecule is CCOc1ccc(S(=O)(=O)N[C@@H](C)C(=O)Nc2c(C)cc(C)cc2C)cc1Cl. The molecular formula is C20H25ClN2O4S. The van der Waals surface area contributed by atoms with Crippen molar-refractivity contribution in [3.05, 3.63) is 52.0 Å². The number of carbonyl (C=O) groups is 1. The number of benzene rings is 2. The van der Waals surface area contributed by atoms with Gasteiger partial charge in [-0.1, -0.05) is 29.3 Å². The van der Waals surface area contributed by atoms with Crippen LogP contribution in [-0.4, -0.2) is 27.0 Å². The minimum atomic E-state index is -3.93. The summed E-state index contributed by atoms with van der Waals surface area (Å²) in [4.78, 5) is 12.5. The summed E-state index contributed by atoms with van der Waals surface area (Å²) in [5.41, 5.74) is 3.61. The molecule has 6 nitrogen and oxygen atoms in total. The molecule has 0 aromatic heterocycles. The van der Waals surface area contributed by atoms with Gasteiger partial charge in [0.15, 0.2) is 0 Å². The van der Waals surface area contributed by atoms with Gasteiger partial charge in [-0.25, -0.2) is 8.42 Å². The Labute approximate surface area is 171 Å². The molecular weight excluding hydrogens is 400 g/mol. The van der Waals surface area contributed by atoms with Crippen LogP contribution in [0.3, 0.4) is 0 Å². The molecule has 0 aliphatic heterocycles. The minimum Gasteiger partial charge on any atom is -0.492 e. The Bertz CT molecular complexity index is 967. The number of amides is 1. The van der Waals surface area contributed by atoms with Crippen molar-refractivity contribution in [2.24, 2.45) is 0 Å². The molecule has 28 heavy (non-hydrogen) atoms. The first-order valence-corrected chi connectivity index (χ1v) is 10.7. The number of hydrogen-bond donors (Lipinski definition) is 2. The third-order valence-electron chi connectivity index (χ3n) is 4.16. The molecule has 0 fully saturated rings. The van der Waals surface area contributed by atoms with E-state index in [0.29, 0.717) is 18.0 Å². The Kier molecular flexibility index (Phi) is 7.09. The number of halogens is 1. The van der Waals surface area contributed by atoms with Crippen molar-refractivity contribution in [1.82, 2.24) is 4.72 Å². The van der Waals surface area contributed by atoms with E-state index in [1.165, 1.54) is 25.1 Å². The van der Waals surface area contributed by atoms with Crippen LogP contribution in [0.5, 0.6) is 5.75 Å². The summed E-state index contributed by atoms with van der Waals surface area (Å²) >= 11 is 6.07. The van der Waals surface area contributed by atoms with Crippen molar-refractivity contribution in [3.8, 4) is 5.75 Å². The van der Waals surface area contributed by atoms with Gasteiger partial charge in [-0.2, -0.15) is 4.72 Å². The largest absolute Gasteiger partial charge is 0.492 e. The van der Waals surface area contributed by atoms with E-state index in [1.54, 1.807) is 6.92 Å². The quantitative estimate of drug-likeness (QED) is 0.704. The van der Waals surface area contributed by atoms with Crippen LogP contribution in [0.15, 0.2) is 35.2 Å². The van der Waals surface area contributed by atoms with Gasteiger partial charge in [0.2, 0.25) is 15.9 Å². The fourth-order valence-electron chi connectivity index (χ4n) is 2.88. The predicted molar refractivity (Wildman–Crippen MR) is 112 cm³/mol. The van der Waals surface area contributed by atoms with Crippen LogP contribution in [-0.2, 0) is 14.8 Å². The second kappa shape index (κ2) is 8.94. The van der Waals surface area contributed by atoms with E-state index in [1.807, 2.05) is 32.9 Å². The van der Waals surface area contributed by atoms with Crippen LogP contribution in [0, 0.1) is 20.8 Å². The number of aryl methyl sites for hydroxylation is 3. The molecule has 0 saturated carbocycles. The van der Waals surface area contributed by atoms with E-state index in [-0.39, 0.29) is 9.92 Å². The molecule has 2 N–H and O–H groups in total. The molecule has 0 radical (unpaired) electrons. The number of carbonyl (C=O) groups excluding carboxylic acids is 1. The van der Waals surface area contributed by atoms with Crippen molar-refractivity contribution in [2.45, 2.75) is 45.6 Å². The average molecular weight is 425 g/mol. The molecule has 0 bridgehead atoms. The van der Waals surface area contributed by atoms with E-state index in [9.17, 15) is 13.2 Å². The zero-order valence-corrected chi connectivity index (χ0v) is 18.2. The first-order valence-electron chi connectivity index (χ1n) is 8.88. The Morgan fingerprint density at radius 2 is 1.75 bits per heavy atom. The Balaban J connectivity index is 2.16. The second-order valence-corrected chi connectivity index (χ2v) is 8.75. The van der Waals surface area contributed by atoms with Gasteiger partial charge in [0.25, 0.3) is 0 Å². The maximum atomic E-state index is 12.6. The van der Waals surface area contributed by atoms with Crippen LogP contribution in [0.25, 0.3) is 0 Å². The lowest BCUT2D eigenvalue weighted by Crippen LogP contribution is -2.41. The maximum Gasteiger partial charge on any atom is 0.242 e. The van der Waals surface area contributed by atoms with Crippen LogP contribution >= 0.6 is 11.6 Å². The highest BCUT2D eigenvalue weighted by Gasteiger charge is 2.23. The molecule has 152 valence electrons. The number of ether oxygens (including phenoxy) is 1. The number of hydrogen-bond acceptors (Lipinski definition) is 4. The van der Waals surface area contributed by atoms with Crippen molar-refractivity contribution in [1.29, 1.82) is 0 Å². The van der Waals surface area contributed by atoms with Gasteiger partial charge >= 0.3 is 0 Å². The number of anilines is 1. The summed E-state index contributed by atoms with van der Waals surface area (Å²) in [6.07, 6.45) is 0. The average Bonchev–Trinajstić information content (AvgIpc) is 2.59. The van der Waals surface area contributed by atoms with Gasteiger partial charge in [0, 0.05) is 5.69 Å². The fraction of sp³-hybridized carbons (Fsp3) is 0.350. The molecule has 1 atom stereocenters. The molecule has 0 spiro atoms. The normalized spacial score (nSPS) is 12.5. The molecule has 0 aliphatic rings. The Morgan fingerprint density at radius 1 is 1.14 bits per heavy atom.